The van der Waals surface area contributed by atoms with Gasteiger partial charge in [-0.2, -0.15) is 0 Å². The highest BCUT2D eigenvalue weighted by Gasteiger charge is 2.28. The van der Waals surface area contributed by atoms with E-state index >= 15 is 0 Å². The molecule has 0 radical (unpaired) electrons. The highest BCUT2D eigenvalue weighted by atomic mass is 19.1. The Kier molecular flexibility index (Phi) is 5.22. The topological polar surface area (TPSA) is 62.7 Å². The second-order valence-corrected chi connectivity index (χ2v) is 7.51. The van der Waals surface area contributed by atoms with Crippen LogP contribution < -0.4 is 9.64 Å². The van der Waals surface area contributed by atoms with Gasteiger partial charge in [-0.25, -0.2) is 4.39 Å². The summed E-state index contributed by atoms with van der Waals surface area (Å²) in [6.07, 6.45) is 5.32. The largest absolute Gasteiger partial charge is 0.487 e. The lowest BCUT2D eigenvalue weighted by Gasteiger charge is -2.28. The van der Waals surface area contributed by atoms with Gasteiger partial charge in [0, 0.05) is 50.2 Å². The van der Waals surface area contributed by atoms with Gasteiger partial charge in [0.1, 0.15) is 17.7 Å². The van der Waals surface area contributed by atoms with Crippen molar-refractivity contribution in [3.63, 3.8) is 0 Å². The molecule has 29 heavy (non-hydrogen) atoms. The number of amides is 2. The van der Waals surface area contributed by atoms with Crippen LogP contribution in [-0.2, 0) is 16.0 Å². The fraction of sp³-hybridized carbons (Fsp3) is 0.409. The predicted molar refractivity (Wildman–Crippen MR) is 107 cm³/mol. The zero-order chi connectivity index (χ0) is 20.5. The molecule has 0 aliphatic carbocycles. The third-order valence-electron chi connectivity index (χ3n) is 5.63. The Bertz CT molecular complexity index is 962. The lowest BCUT2D eigenvalue weighted by Crippen LogP contribution is -2.32. The van der Waals surface area contributed by atoms with Crippen LogP contribution in [0.5, 0.6) is 5.75 Å². The molecule has 152 valence electrons. The molecule has 7 heteroatoms. The molecule has 2 aromatic rings. The second-order valence-electron chi connectivity index (χ2n) is 7.51. The van der Waals surface area contributed by atoms with Gasteiger partial charge in [-0.05, 0) is 24.1 Å². The van der Waals surface area contributed by atoms with Crippen molar-refractivity contribution in [3.05, 3.63) is 42.0 Å². The van der Waals surface area contributed by atoms with E-state index in [0.717, 1.165) is 12.0 Å². The molecule has 1 saturated heterocycles. The third-order valence-corrected chi connectivity index (χ3v) is 5.63. The van der Waals surface area contributed by atoms with Gasteiger partial charge < -0.3 is 14.5 Å². The molecule has 0 bridgehead atoms. The molecular weight excluding hydrogens is 373 g/mol. The van der Waals surface area contributed by atoms with E-state index in [1.54, 1.807) is 36.5 Å². The van der Waals surface area contributed by atoms with Gasteiger partial charge in [0.15, 0.2) is 0 Å². The molecule has 2 aliphatic heterocycles. The molecule has 1 atom stereocenters. The van der Waals surface area contributed by atoms with Gasteiger partial charge >= 0.3 is 0 Å². The van der Waals surface area contributed by atoms with Gasteiger partial charge in [0.2, 0.25) is 11.8 Å². The number of anilines is 1. The Morgan fingerprint density at radius 3 is 2.93 bits per heavy atom. The van der Waals surface area contributed by atoms with E-state index in [4.69, 9.17) is 4.74 Å². The minimum absolute atomic E-state index is 0.0312. The van der Waals surface area contributed by atoms with Crippen molar-refractivity contribution in [2.75, 3.05) is 25.0 Å². The van der Waals surface area contributed by atoms with Crippen LogP contribution >= 0.6 is 0 Å². The molecule has 0 unspecified atom stereocenters. The molecule has 1 aromatic heterocycles. The van der Waals surface area contributed by atoms with E-state index in [2.05, 4.69) is 4.98 Å². The number of rotatable bonds is 4. The lowest BCUT2D eigenvalue weighted by atomic mass is 9.94. The number of pyridine rings is 1. The van der Waals surface area contributed by atoms with Gasteiger partial charge in [-0.1, -0.05) is 13.0 Å². The van der Waals surface area contributed by atoms with Gasteiger partial charge in [-0.3, -0.25) is 14.6 Å². The number of halogens is 1. The number of ether oxygens (including phenoxy) is 1. The molecule has 6 nitrogen and oxygen atoms in total. The zero-order valence-corrected chi connectivity index (χ0v) is 16.7. The maximum Gasteiger partial charge on any atom is 0.227 e. The highest BCUT2D eigenvalue weighted by Crippen LogP contribution is 2.39. The van der Waals surface area contributed by atoms with E-state index in [-0.39, 0.29) is 17.9 Å². The second kappa shape index (κ2) is 7.81. The summed E-state index contributed by atoms with van der Waals surface area (Å²) in [4.78, 5) is 31.6. The number of carbonyl (C=O) groups is 2. The molecular formula is C22H24FN3O3. The summed E-state index contributed by atoms with van der Waals surface area (Å²) >= 11 is 0. The van der Waals surface area contributed by atoms with E-state index in [1.807, 2.05) is 6.92 Å². The number of aryl methyl sites for hydroxylation is 1. The Morgan fingerprint density at radius 1 is 1.31 bits per heavy atom. The minimum Gasteiger partial charge on any atom is -0.487 e. The summed E-state index contributed by atoms with van der Waals surface area (Å²) < 4.78 is 20.9. The Balaban J connectivity index is 1.62. The third kappa shape index (κ3) is 3.69. The number of aromatic nitrogens is 1. The minimum atomic E-state index is -0.398. The van der Waals surface area contributed by atoms with E-state index in [1.165, 1.54) is 11.0 Å². The summed E-state index contributed by atoms with van der Waals surface area (Å²) in [5.41, 5.74) is 2.48. The first-order chi connectivity index (χ1) is 14.0. The highest BCUT2D eigenvalue weighted by molar-refractivity contribution is 6.00. The van der Waals surface area contributed by atoms with Crippen LogP contribution in [0.3, 0.4) is 0 Å². The molecule has 4 rings (SSSR count). The van der Waals surface area contributed by atoms with Crippen LogP contribution in [0.25, 0.3) is 11.1 Å². The number of nitrogens with zero attached hydrogens (tertiary/aromatic N) is 3. The smallest absolute Gasteiger partial charge is 0.227 e. The Hall–Kier alpha value is -2.96. The molecule has 0 saturated carbocycles. The van der Waals surface area contributed by atoms with Crippen molar-refractivity contribution in [2.45, 2.75) is 38.7 Å². The number of benzene rings is 1. The summed E-state index contributed by atoms with van der Waals surface area (Å²) in [6, 6.07) is 4.93. The average Bonchev–Trinajstić information content (AvgIpc) is 3.19. The Morgan fingerprint density at radius 2 is 2.14 bits per heavy atom. The fourth-order valence-electron chi connectivity index (χ4n) is 4.09. The van der Waals surface area contributed by atoms with Crippen LogP contribution in [0.1, 0.15) is 31.7 Å². The fourth-order valence-corrected chi connectivity index (χ4v) is 4.09. The lowest BCUT2D eigenvalue weighted by molar-refractivity contribution is -0.130. The number of likely N-dealkylation sites (tertiary alicyclic amines) is 1. The van der Waals surface area contributed by atoms with Crippen LogP contribution in [0.15, 0.2) is 30.6 Å². The average molecular weight is 397 g/mol. The molecule has 3 heterocycles. The van der Waals surface area contributed by atoms with Crippen LogP contribution in [0.2, 0.25) is 0 Å². The first-order valence-electron chi connectivity index (χ1n) is 9.95. The van der Waals surface area contributed by atoms with Gasteiger partial charge in [0.05, 0.1) is 18.4 Å². The number of carbonyl (C=O) groups excluding carboxylic acids is 2. The number of hydrogen-bond acceptors (Lipinski definition) is 4. The van der Waals surface area contributed by atoms with Crippen LogP contribution in [0.4, 0.5) is 10.1 Å². The quantitative estimate of drug-likeness (QED) is 0.795. The molecule has 1 fully saturated rings. The normalized spacial score (nSPS) is 18.7. The van der Waals surface area contributed by atoms with Crippen molar-refractivity contribution >= 4 is 17.5 Å². The molecule has 1 aromatic carbocycles. The monoisotopic (exact) mass is 397 g/mol. The van der Waals surface area contributed by atoms with Gasteiger partial charge in [-0.15, -0.1) is 0 Å². The summed E-state index contributed by atoms with van der Waals surface area (Å²) in [5.74, 6) is 0.218. The zero-order valence-electron chi connectivity index (χ0n) is 16.7. The number of fused-ring (bicyclic) bond motifs is 1. The van der Waals surface area contributed by atoms with Crippen molar-refractivity contribution in [3.8, 4) is 16.9 Å². The maximum absolute atomic E-state index is 14.8. The van der Waals surface area contributed by atoms with Crippen molar-refractivity contribution < 1.29 is 18.7 Å². The van der Waals surface area contributed by atoms with E-state index in [9.17, 15) is 14.0 Å². The van der Waals surface area contributed by atoms with Crippen molar-refractivity contribution in [1.29, 1.82) is 0 Å². The molecule has 0 spiro atoms. The summed E-state index contributed by atoms with van der Waals surface area (Å²) in [5, 5.41) is 0. The predicted octanol–water partition coefficient (Wildman–Crippen LogP) is 3.19. The standard InChI is InChI=1S/C22H24FN3O3/c1-3-19(27)26-9-8-16(13-26)29-17-10-15(11-24-12-17)21-18(23)6-4-14-5-7-20(28)25(2)22(14)21/h4,6,10-12,16H,3,5,7-9,13H2,1-2H3/t16-/m0/s1. The first-order valence-corrected chi connectivity index (χ1v) is 9.95. The molecule has 2 amide bonds. The Labute approximate surface area is 169 Å². The molecule has 0 N–H and O–H groups in total. The van der Waals surface area contributed by atoms with Crippen LogP contribution in [-0.4, -0.2) is 47.9 Å². The summed E-state index contributed by atoms with van der Waals surface area (Å²) in [7, 11) is 1.68. The maximum atomic E-state index is 14.8. The van der Waals surface area contributed by atoms with Gasteiger partial charge in [0.25, 0.3) is 0 Å². The van der Waals surface area contributed by atoms with Crippen molar-refractivity contribution in [1.82, 2.24) is 9.88 Å². The number of hydrogen-bond donors (Lipinski definition) is 0. The van der Waals surface area contributed by atoms with Crippen LogP contribution in [0, 0.1) is 5.82 Å². The first kappa shape index (κ1) is 19.4. The summed E-state index contributed by atoms with van der Waals surface area (Å²) in [6.45, 7) is 3.07. The van der Waals surface area contributed by atoms with E-state index in [0.29, 0.717) is 54.9 Å². The SMILES string of the molecule is CCC(=O)N1CC[C@H](Oc2cncc(-c3c(F)ccc4c3N(C)C(=O)CC4)c2)C1. The molecule has 2 aliphatic rings. The van der Waals surface area contributed by atoms with Crippen molar-refractivity contribution in [2.24, 2.45) is 0 Å². The van der Waals surface area contributed by atoms with E-state index < -0.39 is 5.82 Å².